The van der Waals surface area contributed by atoms with Gasteiger partial charge in [0, 0.05) is 5.69 Å². The highest BCUT2D eigenvalue weighted by Gasteiger charge is 2.29. The third-order valence-electron chi connectivity index (χ3n) is 4.39. The summed E-state index contributed by atoms with van der Waals surface area (Å²) < 4.78 is 15.7. The summed E-state index contributed by atoms with van der Waals surface area (Å²) in [6.07, 6.45) is -1.47. The molecule has 0 aliphatic rings. The number of hydrogen-bond acceptors (Lipinski definition) is 6. The molecule has 2 atom stereocenters. The lowest BCUT2D eigenvalue weighted by molar-refractivity contribution is -0.154. The molecule has 0 unspecified atom stereocenters. The van der Waals surface area contributed by atoms with Gasteiger partial charge < -0.3 is 19.2 Å². The molecule has 1 N–H and O–H groups in total. The van der Waals surface area contributed by atoms with Crippen LogP contribution in [0.1, 0.15) is 52.4 Å². The number of aromatic nitrogens is 1. The number of Topliss-reactive ketones (excluding diaryl/α,β-unsaturated/α-hetero) is 1. The first kappa shape index (κ1) is 21.2. The van der Waals surface area contributed by atoms with Gasteiger partial charge in [0.1, 0.15) is 5.75 Å². The molecular formula is C21H25NO6. The van der Waals surface area contributed by atoms with Crippen LogP contribution in [0.2, 0.25) is 0 Å². The Morgan fingerprint density at radius 2 is 1.75 bits per heavy atom. The number of nitrogens with one attached hydrogen (secondary N) is 1. The molecule has 1 heterocycles. The van der Waals surface area contributed by atoms with Crippen LogP contribution in [-0.2, 0) is 14.3 Å². The molecule has 0 fully saturated rings. The fourth-order valence-electron chi connectivity index (χ4n) is 2.87. The fraction of sp³-hybridized carbons (Fsp3) is 0.381. The largest absolute Gasteiger partial charge is 0.479 e. The predicted molar refractivity (Wildman–Crippen MR) is 103 cm³/mol. The van der Waals surface area contributed by atoms with E-state index in [-0.39, 0.29) is 5.69 Å². The van der Waals surface area contributed by atoms with Gasteiger partial charge in [-0.3, -0.25) is 4.79 Å². The third kappa shape index (κ3) is 4.60. The van der Waals surface area contributed by atoms with Gasteiger partial charge in [-0.15, -0.1) is 0 Å². The lowest BCUT2D eigenvalue weighted by atomic mass is 10.1. The van der Waals surface area contributed by atoms with E-state index in [2.05, 4.69) is 4.98 Å². The average Bonchev–Trinajstić information content (AvgIpc) is 2.99. The van der Waals surface area contributed by atoms with Crippen LogP contribution in [0.25, 0.3) is 0 Å². The van der Waals surface area contributed by atoms with Crippen molar-refractivity contribution in [3.8, 4) is 5.75 Å². The molecule has 0 amide bonds. The van der Waals surface area contributed by atoms with Crippen molar-refractivity contribution in [1.29, 1.82) is 0 Å². The lowest BCUT2D eigenvalue weighted by Crippen LogP contribution is -2.34. The summed E-state index contributed by atoms with van der Waals surface area (Å²) in [4.78, 5) is 40.0. The standard InChI is InChI=1S/C21H25NO6/c1-6-16(28-15-10-8-7-9-11-15)20(24)27-14(4)19(23)18-12(2)17(13(3)22-18)21(25)26-5/h7-11,14,16,22H,6H2,1-5H3/t14-,16+/m0/s1. The van der Waals surface area contributed by atoms with Crippen LogP contribution in [0.4, 0.5) is 0 Å². The molecule has 0 bridgehead atoms. The molecule has 2 rings (SSSR count). The van der Waals surface area contributed by atoms with Crippen molar-refractivity contribution in [3.05, 3.63) is 52.8 Å². The predicted octanol–water partition coefficient (Wildman–Crippen LogP) is 3.39. The average molecular weight is 387 g/mol. The second-order valence-corrected chi connectivity index (χ2v) is 6.39. The Morgan fingerprint density at radius 1 is 1.11 bits per heavy atom. The van der Waals surface area contributed by atoms with Crippen molar-refractivity contribution in [1.82, 2.24) is 4.98 Å². The first-order valence-electron chi connectivity index (χ1n) is 9.04. The summed E-state index contributed by atoms with van der Waals surface area (Å²) >= 11 is 0. The van der Waals surface area contributed by atoms with E-state index in [0.717, 1.165) is 0 Å². The Balaban J connectivity index is 2.11. The normalized spacial score (nSPS) is 12.8. The van der Waals surface area contributed by atoms with Crippen LogP contribution in [0.15, 0.2) is 30.3 Å². The maximum Gasteiger partial charge on any atom is 0.348 e. The number of ether oxygens (including phenoxy) is 3. The number of esters is 2. The molecule has 0 spiro atoms. The van der Waals surface area contributed by atoms with Crippen molar-refractivity contribution >= 4 is 17.7 Å². The number of aromatic amines is 1. The summed E-state index contributed by atoms with van der Waals surface area (Å²) in [5.41, 5.74) is 1.51. The van der Waals surface area contributed by atoms with Crippen LogP contribution < -0.4 is 4.74 Å². The first-order chi connectivity index (χ1) is 13.3. The summed E-state index contributed by atoms with van der Waals surface area (Å²) in [6.45, 7) is 6.60. The molecule has 0 radical (unpaired) electrons. The number of carbonyl (C=O) groups is 3. The fourth-order valence-corrected chi connectivity index (χ4v) is 2.87. The minimum Gasteiger partial charge on any atom is -0.479 e. The van der Waals surface area contributed by atoms with Crippen molar-refractivity contribution in [3.63, 3.8) is 0 Å². The smallest absolute Gasteiger partial charge is 0.348 e. The number of hydrogen-bond donors (Lipinski definition) is 1. The van der Waals surface area contributed by atoms with Gasteiger partial charge in [0.2, 0.25) is 5.78 Å². The highest BCUT2D eigenvalue weighted by atomic mass is 16.6. The van der Waals surface area contributed by atoms with Crippen LogP contribution in [0.5, 0.6) is 5.75 Å². The molecule has 0 aliphatic carbocycles. The number of methoxy groups -OCH3 is 1. The van der Waals surface area contributed by atoms with Gasteiger partial charge >= 0.3 is 11.9 Å². The van der Waals surface area contributed by atoms with Crippen molar-refractivity contribution in [2.45, 2.75) is 46.3 Å². The van der Waals surface area contributed by atoms with Crippen LogP contribution >= 0.6 is 0 Å². The molecule has 1 aromatic carbocycles. The molecule has 1 aromatic heterocycles. The first-order valence-corrected chi connectivity index (χ1v) is 9.04. The second kappa shape index (κ2) is 9.21. The second-order valence-electron chi connectivity index (χ2n) is 6.39. The molecule has 0 saturated carbocycles. The highest BCUT2D eigenvalue weighted by molar-refractivity contribution is 6.04. The van der Waals surface area contributed by atoms with E-state index in [1.165, 1.54) is 14.0 Å². The van der Waals surface area contributed by atoms with E-state index in [4.69, 9.17) is 14.2 Å². The quantitative estimate of drug-likeness (QED) is 0.551. The van der Waals surface area contributed by atoms with Gasteiger partial charge in [-0.1, -0.05) is 25.1 Å². The van der Waals surface area contributed by atoms with E-state index in [1.807, 2.05) is 6.07 Å². The Labute approximate surface area is 164 Å². The molecule has 7 heteroatoms. The van der Waals surface area contributed by atoms with E-state index in [1.54, 1.807) is 45.0 Å². The highest BCUT2D eigenvalue weighted by Crippen LogP contribution is 2.21. The topological polar surface area (TPSA) is 94.7 Å². The summed E-state index contributed by atoms with van der Waals surface area (Å²) in [5.74, 6) is -1.04. The zero-order valence-electron chi connectivity index (χ0n) is 16.7. The van der Waals surface area contributed by atoms with Gasteiger partial charge in [-0.2, -0.15) is 0 Å². The Bertz CT molecular complexity index is 855. The number of rotatable bonds is 8. The molecular weight excluding hydrogens is 362 g/mol. The lowest BCUT2D eigenvalue weighted by Gasteiger charge is -2.19. The van der Waals surface area contributed by atoms with Crippen molar-refractivity contribution in [2.75, 3.05) is 7.11 Å². The number of carbonyl (C=O) groups excluding carboxylic acids is 3. The summed E-state index contributed by atoms with van der Waals surface area (Å²) in [6, 6.07) is 8.92. The zero-order valence-corrected chi connectivity index (χ0v) is 16.7. The molecule has 28 heavy (non-hydrogen) atoms. The third-order valence-corrected chi connectivity index (χ3v) is 4.39. The number of ketones is 1. The van der Waals surface area contributed by atoms with Gasteiger partial charge in [0.25, 0.3) is 0 Å². The van der Waals surface area contributed by atoms with Crippen LogP contribution in [0, 0.1) is 13.8 Å². The van der Waals surface area contributed by atoms with Gasteiger partial charge in [0.15, 0.2) is 12.2 Å². The molecule has 0 aliphatic heterocycles. The van der Waals surface area contributed by atoms with E-state index >= 15 is 0 Å². The monoisotopic (exact) mass is 387 g/mol. The molecule has 2 aromatic rings. The van der Waals surface area contributed by atoms with Crippen LogP contribution in [0.3, 0.4) is 0 Å². The minimum atomic E-state index is -1.04. The van der Waals surface area contributed by atoms with Gasteiger partial charge in [0.05, 0.1) is 18.4 Å². The Morgan fingerprint density at radius 3 is 2.32 bits per heavy atom. The SMILES string of the molecule is CC[C@@H](Oc1ccccc1)C(=O)O[C@@H](C)C(=O)c1[nH]c(C)c(C(=O)OC)c1C. The van der Waals surface area contributed by atoms with Crippen LogP contribution in [-0.4, -0.2) is 42.0 Å². The number of H-pyrrole nitrogens is 1. The van der Waals surface area contributed by atoms with E-state index < -0.39 is 29.9 Å². The van der Waals surface area contributed by atoms with Crippen molar-refractivity contribution in [2.24, 2.45) is 0 Å². The summed E-state index contributed by atoms with van der Waals surface area (Å²) in [5, 5.41) is 0. The maximum absolute atomic E-state index is 12.7. The van der Waals surface area contributed by atoms with E-state index in [9.17, 15) is 14.4 Å². The molecule has 150 valence electrons. The molecule has 0 saturated heterocycles. The van der Waals surface area contributed by atoms with Gasteiger partial charge in [-0.05, 0) is 44.9 Å². The van der Waals surface area contributed by atoms with E-state index in [0.29, 0.717) is 29.0 Å². The molecule has 7 nitrogen and oxygen atoms in total. The number of benzene rings is 1. The maximum atomic E-state index is 12.7. The Kier molecular flexibility index (Phi) is 6.98. The number of para-hydroxylation sites is 1. The number of aryl methyl sites for hydroxylation is 1. The van der Waals surface area contributed by atoms with Crippen molar-refractivity contribution < 1.29 is 28.6 Å². The summed E-state index contributed by atoms with van der Waals surface area (Å²) in [7, 11) is 1.28. The Hall–Kier alpha value is -3.09. The van der Waals surface area contributed by atoms with Gasteiger partial charge in [-0.25, -0.2) is 9.59 Å². The zero-order chi connectivity index (χ0) is 20.8. The minimum absolute atomic E-state index is 0.218.